The van der Waals surface area contributed by atoms with E-state index in [1.165, 1.54) is 24.8 Å². The molecule has 0 amide bonds. The predicted molar refractivity (Wildman–Crippen MR) is 75.8 cm³/mol. The largest absolute Gasteiger partial charge is 0.319 e. The van der Waals surface area contributed by atoms with Gasteiger partial charge in [0.25, 0.3) is 0 Å². The van der Waals surface area contributed by atoms with Crippen LogP contribution in [0.25, 0.3) is 5.65 Å². The van der Waals surface area contributed by atoms with E-state index >= 15 is 0 Å². The van der Waals surface area contributed by atoms with Gasteiger partial charge in [0.05, 0.1) is 5.54 Å². The van der Waals surface area contributed by atoms with Crippen LogP contribution in [0.1, 0.15) is 50.4 Å². The number of hydrogen-bond acceptors (Lipinski definition) is 3. The van der Waals surface area contributed by atoms with E-state index in [-0.39, 0.29) is 5.54 Å². The van der Waals surface area contributed by atoms with E-state index in [2.05, 4.69) is 40.6 Å². The number of aromatic nitrogens is 3. The lowest BCUT2D eigenvalue weighted by Crippen LogP contribution is -2.42. The minimum absolute atomic E-state index is 0.305. The third-order valence-electron chi connectivity index (χ3n) is 4.59. The highest BCUT2D eigenvalue weighted by Crippen LogP contribution is 2.37. The van der Waals surface area contributed by atoms with Crippen LogP contribution in [0.15, 0.2) is 18.3 Å². The molecule has 0 saturated heterocycles. The van der Waals surface area contributed by atoms with Crippen molar-refractivity contribution in [2.45, 2.75) is 51.5 Å². The average molecular weight is 258 g/mol. The molecule has 1 aliphatic carbocycles. The molecule has 0 aromatic carbocycles. The second-order valence-electron chi connectivity index (χ2n) is 5.96. The maximum atomic E-state index is 6.62. The molecule has 2 heterocycles. The SMILES string of the molecule is CCC1CCC(N)(c2nnc3cc(C)ccn23)CC1. The lowest BCUT2D eigenvalue weighted by molar-refractivity contribution is 0.220. The number of rotatable bonds is 2. The molecule has 1 aliphatic rings. The van der Waals surface area contributed by atoms with Crippen LogP contribution >= 0.6 is 0 Å². The number of aryl methyl sites for hydroxylation is 1. The fraction of sp³-hybridized carbons (Fsp3) is 0.600. The van der Waals surface area contributed by atoms with Crippen molar-refractivity contribution in [3.8, 4) is 0 Å². The zero-order chi connectivity index (χ0) is 13.5. The molecule has 0 radical (unpaired) electrons. The molecule has 2 aromatic heterocycles. The molecule has 1 saturated carbocycles. The number of fused-ring (bicyclic) bond motifs is 1. The summed E-state index contributed by atoms with van der Waals surface area (Å²) >= 11 is 0. The van der Waals surface area contributed by atoms with Crippen LogP contribution < -0.4 is 5.73 Å². The standard InChI is InChI=1S/C15H22N4/c1-3-12-4-7-15(16,8-5-12)14-18-17-13-10-11(2)6-9-19(13)14/h6,9-10,12H,3-5,7-8,16H2,1-2H3. The summed E-state index contributed by atoms with van der Waals surface area (Å²) in [5.74, 6) is 1.76. The molecule has 3 rings (SSSR count). The molecule has 0 bridgehead atoms. The summed E-state index contributed by atoms with van der Waals surface area (Å²) in [5, 5.41) is 8.64. The zero-order valence-electron chi connectivity index (χ0n) is 11.8. The second-order valence-corrected chi connectivity index (χ2v) is 5.96. The number of hydrogen-bond donors (Lipinski definition) is 1. The van der Waals surface area contributed by atoms with Crippen molar-refractivity contribution in [1.29, 1.82) is 0 Å². The van der Waals surface area contributed by atoms with Crippen molar-refractivity contribution in [3.63, 3.8) is 0 Å². The number of pyridine rings is 1. The smallest absolute Gasteiger partial charge is 0.161 e. The lowest BCUT2D eigenvalue weighted by atomic mass is 9.76. The summed E-state index contributed by atoms with van der Waals surface area (Å²) in [6.45, 7) is 4.34. The number of nitrogens with zero attached hydrogens (tertiary/aromatic N) is 3. The first-order valence-electron chi connectivity index (χ1n) is 7.23. The van der Waals surface area contributed by atoms with Gasteiger partial charge in [0.15, 0.2) is 11.5 Å². The molecule has 4 heteroatoms. The third kappa shape index (κ3) is 2.14. The molecular weight excluding hydrogens is 236 g/mol. The Balaban J connectivity index is 1.96. The summed E-state index contributed by atoms with van der Waals surface area (Å²) < 4.78 is 2.05. The van der Waals surface area contributed by atoms with E-state index in [1.807, 2.05) is 6.20 Å². The van der Waals surface area contributed by atoms with E-state index in [9.17, 15) is 0 Å². The van der Waals surface area contributed by atoms with E-state index in [4.69, 9.17) is 5.73 Å². The van der Waals surface area contributed by atoms with Crippen LogP contribution in [0.4, 0.5) is 0 Å². The molecule has 0 atom stereocenters. The van der Waals surface area contributed by atoms with Crippen LogP contribution in [0.3, 0.4) is 0 Å². The van der Waals surface area contributed by atoms with Gasteiger partial charge in [-0.25, -0.2) is 0 Å². The fourth-order valence-electron chi connectivity index (χ4n) is 3.16. The van der Waals surface area contributed by atoms with Gasteiger partial charge < -0.3 is 5.73 Å². The Bertz CT molecular complexity index is 579. The highest BCUT2D eigenvalue weighted by atomic mass is 15.3. The molecule has 102 valence electrons. The minimum Gasteiger partial charge on any atom is -0.319 e. The average Bonchev–Trinajstić information content (AvgIpc) is 2.83. The third-order valence-corrected chi connectivity index (χ3v) is 4.59. The van der Waals surface area contributed by atoms with Crippen LogP contribution in [0.5, 0.6) is 0 Å². The van der Waals surface area contributed by atoms with E-state index < -0.39 is 0 Å². The molecule has 0 aliphatic heterocycles. The van der Waals surface area contributed by atoms with E-state index in [0.29, 0.717) is 0 Å². The van der Waals surface area contributed by atoms with Gasteiger partial charge in [0.2, 0.25) is 0 Å². The summed E-state index contributed by atoms with van der Waals surface area (Å²) in [6, 6.07) is 4.14. The first kappa shape index (κ1) is 12.6. The predicted octanol–water partition coefficient (Wildman–Crippen LogP) is 2.79. The topological polar surface area (TPSA) is 56.2 Å². The van der Waals surface area contributed by atoms with Gasteiger partial charge in [-0.3, -0.25) is 4.40 Å². The second kappa shape index (κ2) is 4.60. The summed E-state index contributed by atoms with van der Waals surface area (Å²) in [5.41, 5.74) is 8.42. The summed E-state index contributed by atoms with van der Waals surface area (Å²) in [6.07, 6.45) is 7.73. The summed E-state index contributed by atoms with van der Waals surface area (Å²) in [7, 11) is 0. The van der Waals surface area contributed by atoms with Gasteiger partial charge >= 0.3 is 0 Å². The van der Waals surface area contributed by atoms with Gasteiger partial charge in [-0.15, -0.1) is 10.2 Å². The van der Waals surface area contributed by atoms with Crippen molar-refractivity contribution >= 4 is 5.65 Å². The Labute approximate surface area is 114 Å². The van der Waals surface area contributed by atoms with Crippen molar-refractivity contribution in [1.82, 2.24) is 14.6 Å². The highest BCUT2D eigenvalue weighted by molar-refractivity contribution is 5.41. The van der Waals surface area contributed by atoms with Crippen LogP contribution in [-0.2, 0) is 5.54 Å². The first-order chi connectivity index (χ1) is 9.12. The Morgan fingerprint density at radius 2 is 2.11 bits per heavy atom. The molecule has 0 unspecified atom stereocenters. The van der Waals surface area contributed by atoms with Gasteiger partial charge in [0, 0.05) is 6.20 Å². The monoisotopic (exact) mass is 258 g/mol. The van der Waals surface area contributed by atoms with Crippen molar-refractivity contribution in [3.05, 3.63) is 29.7 Å². The Hall–Kier alpha value is -1.42. The lowest BCUT2D eigenvalue weighted by Gasteiger charge is -2.35. The quantitative estimate of drug-likeness (QED) is 0.901. The molecule has 0 spiro atoms. The van der Waals surface area contributed by atoms with Crippen LogP contribution in [0, 0.1) is 12.8 Å². The Morgan fingerprint density at radius 3 is 2.79 bits per heavy atom. The first-order valence-corrected chi connectivity index (χ1v) is 7.23. The number of nitrogens with two attached hydrogens (primary N) is 1. The van der Waals surface area contributed by atoms with Gasteiger partial charge in [-0.1, -0.05) is 13.3 Å². The van der Waals surface area contributed by atoms with Crippen LogP contribution in [-0.4, -0.2) is 14.6 Å². The maximum absolute atomic E-state index is 6.62. The zero-order valence-corrected chi connectivity index (χ0v) is 11.8. The molecule has 2 N–H and O–H groups in total. The fourth-order valence-corrected chi connectivity index (χ4v) is 3.16. The van der Waals surface area contributed by atoms with Crippen LogP contribution in [0.2, 0.25) is 0 Å². The van der Waals surface area contributed by atoms with Gasteiger partial charge in [0.1, 0.15) is 0 Å². The molecule has 19 heavy (non-hydrogen) atoms. The highest BCUT2D eigenvalue weighted by Gasteiger charge is 2.36. The molecule has 1 fully saturated rings. The van der Waals surface area contributed by atoms with Gasteiger partial charge in [-0.05, 0) is 56.2 Å². The van der Waals surface area contributed by atoms with Crippen molar-refractivity contribution < 1.29 is 0 Å². The minimum atomic E-state index is -0.305. The normalized spacial score (nSPS) is 27.8. The van der Waals surface area contributed by atoms with E-state index in [0.717, 1.165) is 30.2 Å². The molecule has 4 nitrogen and oxygen atoms in total. The molecule has 2 aromatic rings. The Morgan fingerprint density at radius 1 is 1.37 bits per heavy atom. The molecular formula is C15H22N4. The Kier molecular flexibility index (Phi) is 3.05. The van der Waals surface area contributed by atoms with Crippen molar-refractivity contribution in [2.75, 3.05) is 0 Å². The van der Waals surface area contributed by atoms with Crippen molar-refractivity contribution in [2.24, 2.45) is 11.7 Å². The van der Waals surface area contributed by atoms with E-state index in [1.54, 1.807) is 0 Å². The maximum Gasteiger partial charge on any atom is 0.161 e. The van der Waals surface area contributed by atoms with Gasteiger partial charge in [-0.2, -0.15) is 0 Å². The summed E-state index contributed by atoms with van der Waals surface area (Å²) in [4.78, 5) is 0.